The zero-order valence-electron chi connectivity index (χ0n) is 8.67. The van der Waals surface area contributed by atoms with Crippen LogP contribution in [0.3, 0.4) is 0 Å². The molecule has 2 nitrogen and oxygen atoms in total. The van der Waals surface area contributed by atoms with Crippen LogP contribution < -0.4 is 0 Å². The van der Waals surface area contributed by atoms with Crippen LogP contribution in [0.2, 0.25) is 0 Å². The molecule has 1 aliphatic heterocycles. The quantitative estimate of drug-likeness (QED) is 0.693. The highest BCUT2D eigenvalue weighted by Gasteiger charge is 2.40. The maximum absolute atomic E-state index is 9.34. The number of nitrogens with zero attached hydrogens (tertiary/aromatic N) is 1. The van der Waals surface area contributed by atoms with Crippen LogP contribution in [-0.2, 0) is 0 Å². The van der Waals surface area contributed by atoms with Gasteiger partial charge in [-0.25, -0.2) is 0 Å². The average molecular weight is 171 g/mol. The van der Waals surface area contributed by atoms with Gasteiger partial charge < -0.3 is 5.11 Å². The molecule has 1 atom stereocenters. The highest BCUT2D eigenvalue weighted by molar-refractivity contribution is 4.94. The van der Waals surface area contributed by atoms with Crippen molar-refractivity contribution in [2.45, 2.75) is 33.2 Å². The molecule has 1 N–H and O–H groups in total. The minimum absolute atomic E-state index is 0.00646. The van der Waals surface area contributed by atoms with Gasteiger partial charge in [0.05, 0.1) is 6.61 Å². The smallest absolute Gasteiger partial charge is 0.0615 e. The molecule has 1 aliphatic rings. The van der Waals surface area contributed by atoms with E-state index in [1.807, 2.05) is 0 Å². The number of hydrogen-bond donors (Lipinski definition) is 1. The summed E-state index contributed by atoms with van der Waals surface area (Å²) in [6, 6.07) is 0. The third-order valence-electron chi connectivity index (χ3n) is 3.35. The van der Waals surface area contributed by atoms with Gasteiger partial charge in [0.1, 0.15) is 0 Å². The molecule has 72 valence electrons. The Kier molecular flexibility index (Phi) is 2.79. The van der Waals surface area contributed by atoms with Crippen molar-refractivity contribution in [2.75, 3.05) is 19.7 Å². The van der Waals surface area contributed by atoms with Crippen LogP contribution in [-0.4, -0.2) is 35.2 Å². The topological polar surface area (TPSA) is 23.5 Å². The number of aliphatic hydroxyl groups excluding tert-OH is 1. The molecule has 0 aromatic carbocycles. The molecular formula is C10H21NO. The highest BCUT2D eigenvalue weighted by atomic mass is 16.3. The Morgan fingerprint density at radius 1 is 1.50 bits per heavy atom. The maximum atomic E-state index is 9.34. The van der Waals surface area contributed by atoms with Gasteiger partial charge in [-0.1, -0.05) is 20.8 Å². The summed E-state index contributed by atoms with van der Waals surface area (Å²) in [5, 5.41) is 9.34. The maximum Gasteiger partial charge on any atom is 0.0615 e. The fourth-order valence-electron chi connectivity index (χ4n) is 1.76. The summed E-state index contributed by atoms with van der Waals surface area (Å²) in [4.78, 5) is 2.39. The van der Waals surface area contributed by atoms with Crippen LogP contribution in [0, 0.1) is 11.8 Å². The summed E-state index contributed by atoms with van der Waals surface area (Å²) >= 11 is 0. The first kappa shape index (κ1) is 10.0. The number of rotatable bonds is 3. The lowest BCUT2D eigenvalue weighted by Crippen LogP contribution is -2.61. The summed E-state index contributed by atoms with van der Waals surface area (Å²) in [5.74, 6) is 1.34. The predicted octanol–water partition coefficient (Wildman–Crippen LogP) is 1.35. The number of hydrogen-bond acceptors (Lipinski definition) is 2. The predicted molar refractivity (Wildman–Crippen MR) is 51.1 cm³/mol. The average Bonchev–Trinajstić information content (AvgIpc) is 1.97. The molecule has 0 bridgehead atoms. The Balaban J connectivity index is 2.55. The lowest BCUT2D eigenvalue weighted by atomic mass is 9.83. The van der Waals surface area contributed by atoms with Crippen molar-refractivity contribution in [3.63, 3.8) is 0 Å². The van der Waals surface area contributed by atoms with E-state index in [2.05, 4.69) is 32.6 Å². The SMILES string of the molecule is CC1CN(C(C)(CO)C(C)C)C1. The van der Waals surface area contributed by atoms with Gasteiger partial charge in [-0.15, -0.1) is 0 Å². The Bertz CT molecular complexity index is 152. The van der Waals surface area contributed by atoms with Crippen LogP contribution in [0.1, 0.15) is 27.7 Å². The van der Waals surface area contributed by atoms with Crippen molar-refractivity contribution in [2.24, 2.45) is 11.8 Å². The molecule has 0 radical (unpaired) electrons. The second-order valence-electron chi connectivity index (χ2n) is 4.68. The summed E-state index contributed by atoms with van der Waals surface area (Å²) in [5.41, 5.74) is 0.00646. The van der Waals surface area contributed by atoms with Crippen LogP contribution in [0.5, 0.6) is 0 Å². The van der Waals surface area contributed by atoms with Gasteiger partial charge in [0.25, 0.3) is 0 Å². The fourth-order valence-corrected chi connectivity index (χ4v) is 1.76. The monoisotopic (exact) mass is 171 g/mol. The molecule has 0 amide bonds. The summed E-state index contributed by atoms with van der Waals surface area (Å²) < 4.78 is 0. The highest BCUT2D eigenvalue weighted by Crippen LogP contribution is 2.30. The van der Waals surface area contributed by atoms with Crippen molar-refractivity contribution < 1.29 is 5.11 Å². The van der Waals surface area contributed by atoms with Crippen molar-refractivity contribution in [1.29, 1.82) is 0 Å². The van der Waals surface area contributed by atoms with E-state index in [4.69, 9.17) is 0 Å². The van der Waals surface area contributed by atoms with Gasteiger partial charge in [0.15, 0.2) is 0 Å². The van der Waals surface area contributed by atoms with Gasteiger partial charge in [0.2, 0.25) is 0 Å². The molecule has 1 rings (SSSR count). The summed E-state index contributed by atoms with van der Waals surface area (Å²) in [6.07, 6.45) is 0. The van der Waals surface area contributed by atoms with Crippen molar-refractivity contribution >= 4 is 0 Å². The van der Waals surface area contributed by atoms with Gasteiger partial charge >= 0.3 is 0 Å². The zero-order valence-corrected chi connectivity index (χ0v) is 8.67. The molecule has 2 heteroatoms. The minimum atomic E-state index is 0.00646. The Labute approximate surface area is 75.6 Å². The zero-order chi connectivity index (χ0) is 9.35. The van der Waals surface area contributed by atoms with E-state index in [1.54, 1.807) is 0 Å². The second kappa shape index (κ2) is 3.35. The van der Waals surface area contributed by atoms with Crippen molar-refractivity contribution in [3.05, 3.63) is 0 Å². The molecule has 0 aromatic rings. The van der Waals surface area contributed by atoms with E-state index in [9.17, 15) is 5.11 Å². The Hall–Kier alpha value is -0.0800. The van der Waals surface area contributed by atoms with Crippen LogP contribution in [0.15, 0.2) is 0 Å². The standard InChI is InChI=1S/C10H21NO/c1-8(2)10(4,7-12)11-5-9(3)6-11/h8-9,12H,5-7H2,1-4H3. The lowest BCUT2D eigenvalue weighted by molar-refractivity contribution is -0.0568. The van der Waals surface area contributed by atoms with E-state index in [0.717, 1.165) is 19.0 Å². The minimum Gasteiger partial charge on any atom is -0.394 e. The molecule has 12 heavy (non-hydrogen) atoms. The number of likely N-dealkylation sites (tertiary alicyclic amines) is 1. The van der Waals surface area contributed by atoms with E-state index < -0.39 is 0 Å². The largest absolute Gasteiger partial charge is 0.394 e. The Morgan fingerprint density at radius 3 is 2.25 bits per heavy atom. The lowest BCUT2D eigenvalue weighted by Gasteiger charge is -2.51. The molecule has 1 fully saturated rings. The van der Waals surface area contributed by atoms with Crippen LogP contribution in [0.4, 0.5) is 0 Å². The first-order valence-electron chi connectivity index (χ1n) is 4.86. The van der Waals surface area contributed by atoms with E-state index in [-0.39, 0.29) is 12.1 Å². The molecule has 1 unspecified atom stereocenters. The Morgan fingerprint density at radius 2 is 2.00 bits per heavy atom. The third kappa shape index (κ3) is 1.50. The third-order valence-corrected chi connectivity index (χ3v) is 3.35. The molecule has 1 saturated heterocycles. The van der Waals surface area contributed by atoms with Gasteiger partial charge in [0, 0.05) is 18.6 Å². The molecule has 0 aromatic heterocycles. The summed E-state index contributed by atoms with van der Waals surface area (Å²) in [6.45, 7) is 11.3. The first-order chi connectivity index (χ1) is 5.50. The van der Waals surface area contributed by atoms with Gasteiger partial charge in [-0.2, -0.15) is 0 Å². The van der Waals surface area contributed by atoms with E-state index >= 15 is 0 Å². The second-order valence-corrected chi connectivity index (χ2v) is 4.68. The van der Waals surface area contributed by atoms with E-state index in [1.165, 1.54) is 0 Å². The van der Waals surface area contributed by atoms with E-state index in [0.29, 0.717) is 5.92 Å². The number of aliphatic hydroxyl groups is 1. The molecule has 0 spiro atoms. The van der Waals surface area contributed by atoms with Crippen molar-refractivity contribution in [3.8, 4) is 0 Å². The molecule has 0 saturated carbocycles. The molecule has 1 heterocycles. The van der Waals surface area contributed by atoms with Crippen molar-refractivity contribution in [1.82, 2.24) is 4.90 Å². The van der Waals surface area contributed by atoms with Gasteiger partial charge in [-0.3, -0.25) is 4.90 Å². The van der Waals surface area contributed by atoms with Crippen LogP contribution >= 0.6 is 0 Å². The summed E-state index contributed by atoms with van der Waals surface area (Å²) in [7, 11) is 0. The van der Waals surface area contributed by atoms with Gasteiger partial charge in [-0.05, 0) is 18.8 Å². The first-order valence-corrected chi connectivity index (χ1v) is 4.86. The van der Waals surface area contributed by atoms with Crippen LogP contribution in [0.25, 0.3) is 0 Å². The molecular weight excluding hydrogens is 150 g/mol. The fraction of sp³-hybridized carbons (Fsp3) is 1.00. The molecule has 0 aliphatic carbocycles. The normalized spacial score (nSPS) is 25.5.